The van der Waals surface area contributed by atoms with E-state index in [-0.39, 0.29) is 6.61 Å². The molecule has 4 heteroatoms. The number of nitrogens with zero attached hydrogens (tertiary/aromatic N) is 2. The Morgan fingerprint density at radius 1 is 1.44 bits per heavy atom. The molecule has 0 radical (unpaired) electrons. The van der Waals surface area contributed by atoms with Crippen LogP contribution in [0.1, 0.15) is 25.6 Å². The average Bonchev–Trinajstić information content (AvgIpc) is 2.58. The Labute approximate surface area is 99.7 Å². The molecule has 0 saturated carbocycles. The monoisotopic (exact) mass is 238 g/mol. The number of hydrogen-bond acceptors (Lipinski definition) is 2. The maximum absolute atomic E-state index is 9.09. The molecule has 0 amide bonds. The minimum Gasteiger partial charge on any atom is -0.395 e. The second-order valence-corrected chi connectivity index (χ2v) is 4.57. The van der Waals surface area contributed by atoms with Gasteiger partial charge in [0.1, 0.15) is 5.82 Å². The van der Waals surface area contributed by atoms with Gasteiger partial charge in [-0.05, 0) is 18.2 Å². The molecule has 2 rings (SSSR count). The standard InChI is InChI=1S/C12H15ClN2O/c1-8(2)12-14-10-4-3-9(13)7-11(10)15(12)5-6-16/h3-4,7-8,16H,5-6H2,1-2H3. The summed E-state index contributed by atoms with van der Waals surface area (Å²) in [4.78, 5) is 4.57. The zero-order valence-corrected chi connectivity index (χ0v) is 10.2. The molecular weight excluding hydrogens is 224 g/mol. The van der Waals surface area contributed by atoms with Crippen molar-refractivity contribution in [3.8, 4) is 0 Å². The lowest BCUT2D eigenvalue weighted by molar-refractivity contribution is 0.275. The number of aliphatic hydroxyl groups excluding tert-OH is 1. The van der Waals surface area contributed by atoms with E-state index in [9.17, 15) is 0 Å². The van der Waals surface area contributed by atoms with Crippen LogP contribution in [-0.2, 0) is 6.54 Å². The highest BCUT2D eigenvalue weighted by molar-refractivity contribution is 6.31. The van der Waals surface area contributed by atoms with E-state index >= 15 is 0 Å². The Bertz CT molecular complexity index is 505. The first kappa shape index (κ1) is 11.4. The highest BCUT2D eigenvalue weighted by Crippen LogP contribution is 2.24. The minimum absolute atomic E-state index is 0.109. The molecule has 0 bridgehead atoms. The predicted octanol–water partition coefficient (Wildman–Crippen LogP) is 2.81. The van der Waals surface area contributed by atoms with Crippen molar-refractivity contribution in [1.29, 1.82) is 0 Å². The fraction of sp³-hybridized carbons (Fsp3) is 0.417. The van der Waals surface area contributed by atoms with Gasteiger partial charge in [-0.15, -0.1) is 0 Å². The van der Waals surface area contributed by atoms with Crippen LogP contribution in [-0.4, -0.2) is 21.3 Å². The highest BCUT2D eigenvalue weighted by Gasteiger charge is 2.13. The van der Waals surface area contributed by atoms with E-state index in [1.54, 1.807) is 0 Å². The first-order valence-electron chi connectivity index (χ1n) is 5.40. The molecule has 0 aliphatic carbocycles. The van der Waals surface area contributed by atoms with Gasteiger partial charge < -0.3 is 9.67 Å². The molecule has 86 valence electrons. The summed E-state index contributed by atoms with van der Waals surface area (Å²) in [5.41, 5.74) is 1.92. The third-order valence-corrected chi connectivity index (χ3v) is 2.81. The quantitative estimate of drug-likeness (QED) is 0.893. The summed E-state index contributed by atoms with van der Waals surface area (Å²) in [6.45, 7) is 4.86. The predicted molar refractivity (Wildman–Crippen MR) is 65.9 cm³/mol. The zero-order chi connectivity index (χ0) is 11.7. The van der Waals surface area contributed by atoms with Crippen LogP contribution in [0, 0.1) is 0 Å². The van der Waals surface area contributed by atoms with Gasteiger partial charge in [0.2, 0.25) is 0 Å². The van der Waals surface area contributed by atoms with Gasteiger partial charge in [0.05, 0.1) is 17.6 Å². The summed E-state index contributed by atoms with van der Waals surface area (Å²) in [5, 5.41) is 9.79. The Balaban J connectivity index is 2.67. The summed E-state index contributed by atoms with van der Waals surface area (Å²) in [6.07, 6.45) is 0. The third-order valence-electron chi connectivity index (χ3n) is 2.58. The van der Waals surface area contributed by atoms with E-state index in [1.165, 1.54) is 0 Å². The number of halogens is 1. The van der Waals surface area contributed by atoms with Crippen molar-refractivity contribution < 1.29 is 5.11 Å². The Kier molecular flexibility index (Phi) is 3.17. The van der Waals surface area contributed by atoms with Crippen LogP contribution in [0.15, 0.2) is 18.2 Å². The SMILES string of the molecule is CC(C)c1nc2ccc(Cl)cc2n1CCO. The van der Waals surface area contributed by atoms with Crippen LogP contribution in [0.25, 0.3) is 11.0 Å². The molecule has 1 N–H and O–H groups in total. The van der Waals surface area contributed by atoms with Crippen LogP contribution in [0.4, 0.5) is 0 Å². The van der Waals surface area contributed by atoms with Gasteiger partial charge in [-0.3, -0.25) is 0 Å². The second kappa shape index (κ2) is 4.44. The third kappa shape index (κ3) is 1.93. The topological polar surface area (TPSA) is 38.0 Å². The normalized spacial score (nSPS) is 11.6. The molecule has 0 saturated heterocycles. The fourth-order valence-corrected chi connectivity index (χ4v) is 2.06. The van der Waals surface area contributed by atoms with Crippen LogP contribution < -0.4 is 0 Å². The molecule has 3 nitrogen and oxygen atoms in total. The Morgan fingerprint density at radius 3 is 2.81 bits per heavy atom. The van der Waals surface area contributed by atoms with Crippen molar-refractivity contribution >= 4 is 22.6 Å². The summed E-state index contributed by atoms with van der Waals surface area (Å²) < 4.78 is 2.03. The number of aliphatic hydroxyl groups is 1. The van der Waals surface area contributed by atoms with Crippen molar-refractivity contribution in [2.75, 3.05) is 6.61 Å². The molecule has 0 aliphatic heterocycles. The molecule has 0 atom stereocenters. The summed E-state index contributed by atoms with van der Waals surface area (Å²) in [5.74, 6) is 1.32. The minimum atomic E-state index is 0.109. The second-order valence-electron chi connectivity index (χ2n) is 4.13. The lowest BCUT2D eigenvalue weighted by Gasteiger charge is -2.09. The summed E-state index contributed by atoms with van der Waals surface area (Å²) >= 11 is 5.98. The fourth-order valence-electron chi connectivity index (χ4n) is 1.89. The Morgan fingerprint density at radius 2 is 2.19 bits per heavy atom. The number of rotatable bonds is 3. The molecule has 0 spiro atoms. The molecule has 0 aliphatic rings. The lowest BCUT2D eigenvalue weighted by atomic mass is 10.2. The van der Waals surface area contributed by atoms with Gasteiger partial charge in [0, 0.05) is 17.5 Å². The number of hydrogen-bond donors (Lipinski definition) is 1. The molecule has 1 heterocycles. The zero-order valence-electron chi connectivity index (χ0n) is 9.44. The molecule has 0 unspecified atom stereocenters. The first-order valence-corrected chi connectivity index (χ1v) is 5.78. The van der Waals surface area contributed by atoms with E-state index in [4.69, 9.17) is 16.7 Å². The van der Waals surface area contributed by atoms with Crippen molar-refractivity contribution in [3.63, 3.8) is 0 Å². The van der Waals surface area contributed by atoms with E-state index in [0.29, 0.717) is 17.5 Å². The largest absolute Gasteiger partial charge is 0.395 e. The number of fused-ring (bicyclic) bond motifs is 1. The number of aromatic nitrogens is 2. The molecule has 1 aromatic carbocycles. The van der Waals surface area contributed by atoms with Gasteiger partial charge >= 0.3 is 0 Å². The van der Waals surface area contributed by atoms with Crippen LogP contribution >= 0.6 is 11.6 Å². The summed E-state index contributed by atoms with van der Waals surface area (Å²) in [6, 6.07) is 5.65. The maximum atomic E-state index is 9.09. The molecular formula is C12H15ClN2O. The number of benzene rings is 1. The first-order chi connectivity index (χ1) is 7.63. The van der Waals surface area contributed by atoms with Gasteiger partial charge in [0.15, 0.2) is 0 Å². The van der Waals surface area contributed by atoms with Crippen molar-refractivity contribution in [2.24, 2.45) is 0 Å². The van der Waals surface area contributed by atoms with Crippen molar-refractivity contribution in [2.45, 2.75) is 26.3 Å². The molecule has 2 aromatic rings. The van der Waals surface area contributed by atoms with Gasteiger partial charge in [0.25, 0.3) is 0 Å². The van der Waals surface area contributed by atoms with Gasteiger partial charge in [-0.1, -0.05) is 25.4 Å². The molecule has 0 fully saturated rings. The van der Waals surface area contributed by atoms with E-state index in [1.807, 2.05) is 22.8 Å². The number of imidazole rings is 1. The average molecular weight is 239 g/mol. The van der Waals surface area contributed by atoms with E-state index < -0.39 is 0 Å². The maximum Gasteiger partial charge on any atom is 0.112 e. The highest BCUT2D eigenvalue weighted by atomic mass is 35.5. The van der Waals surface area contributed by atoms with Gasteiger partial charge in [-0.25, -0.2) is 4.98 Å². The van der Waals surface area contributed by atoms with E-state index in [2.05, 4.69) is 18.8 Å². The van der Waals surface area contributed by atoms with Crippen LogP contribution in [0.3, 0.4) is 0 Å². The smallest absolute Gasteiger partial charge is 0.112 e. The van der Waals surface area contributed by atoms with Crippen LogP contribution in [0.2, 0.25) is 5.02 Å². The summed E-state index contributed by atoms with van der Waals surface area (Å²) in [7, 11) is 0. The van der Waals surface area contributed by atoms with Gasteiger partial charge in [-0.2, -0.15) is 0 Å². The molecule has 16 heavy (non-hydrogen) atoms. The Hall–Kier alpha value is -1.06. The van der Waals surface area contributed by atoms with Crippen LogP contribution in [0.5, 0.6) is 0 Å². The van der Waals surface area contributed by atoms with E-state index in [0.717, 1.165) is 16.9 Å². The molecule has 1 aromatic heterocycles. The van der Waals surface area contributed by atoms with Crippen molar-refractivity contribution in [1.82, 2.24) is 9.55 Å². The van der Waals surface area contributed by atoms with Crippen molar-refractivity contribution in [3.05, 3.63) is 29.0 Å². The lowest BCUT2D eigenvalue weighted by Crippen LogP contribution is -2.08.